The van der Waals surface area contributed by atoms with Crippen molar-refractivity contribution < 1.29 is 9.13 Å². The second kappa shape index (κ2) is 2.62. The van der Waals surface area contributed by atoms with Gasteiger partial charge >= 0.3 is 0 Å². The summed E-state index contributed by atoms with van der Waals surface area (Å²) < 4.78 is 16.5. The molecule has 0 unspecified atom stereocenters. The molecule has 2 nitrogen and oxygen atoms in total. The summed E-state index contributed by atoms with van der Waals surface area (Å²) in [4.78, 5) is 0. The van der Waals surface area contributed by atoms with Gasteiger partial charge in [0.2, 0.25) is 0 Å². The number of nitrogens with one attached hydrogen (secondary N) is 1. The van der Waals surface area contributed by atoms with Gasteiger partial charge in [0.05, 0.1) is 18.8 Å². The maximum Gasteiger partial charge on any atom is 0.102 e. The lowest BCUT2D eigenvalue weighted by molar-refractivity contribution is -0.0642. The molecule has 0 aromatic heterocycles. The van der Waals surface area contributed by atoms with Crippen molar-refractivity contribution in [3.8, 4) is 0 Å². The topological polar surface area (TPSA) is 21.3 Å². The van der Waals surface area contributed by atoms with Gasteiger partial charge in [-0.25, -0.2) is 4.39 Å². The van der Waals surface area contributed by atoms with E-state index in [0.717, 1.165) is 0 Å². The predicted octanol–water partition coefficient (Wildman–Crippen LogP) is 0.334. The first-order valence-corrected chi connectivity index (χ1v) is 3.16. The second-order valence-corrected chi connectivity index (χ2v) is 2.67. The molecular weight excluding hydrogens is 121 g/mol. The van der Waals surface area contributed by atoms with Crippen molar-refractivity contribution in [2.75, 3.05) is 26.4 Å². The Hall–Kier alpha value is -0.150. The van der Waals surface area contributed by atoms with Crippen LogP contribution in [0.5, 0.6) is 0 Å². The summed E-state index contributed by atoms with van der Waals surface area (Å²) in [7, 11) is 0. The van der Waals surface area contributed by atoms with Crippen molar-refractivity contribution in [3.05, 3.63) is 0 Å². The minimum atomic E-state index is -0.296. The molecule has 1 N–H and O–H groups in total. The molecule has 9 heavy (non-hydrogen) atoms. The van der Waals surface area contributed by atoms with Gasteiger partial charge in [0, 0.05) is 6.54 Å². The van der Waals surface area contributed by atoms with E-state index in [0.29, 0.717) is 19.8 Å². The molecule has 0 radical (unpaired) electrons. The Labute approximate surface area is 54.4 Å². The van der Waals surface area contributed by atoms with Crippen LogP contribution in [0.25, 0.3) is 0 Å². The molecule has 3 heteroatoms. The summed E-state index contributed by atoms with van der Waals surface area (Å²) in [5.74, 6) is 0. The third-order valence-corrected chi connectivity index (χ3v) is 1.49. The minimum absolute atomic E-state index is 0.0616. The molecule has 1 heterocycles. The molecule has 1 rings (SSSR count). The van der Waals surface area contributed by atoms with E-state index in [1.807, 2.05) is 6.92 Å². The number of alkyl halides is 1. The summed E-state index contributed by atoms with van der Waals surface area (Å²) in [6.07, 6.45) is 0. The van der Waals surface area contributed by atoms with Gasteiger partial charge in [0.15, 0.2) is 0 Å². The normalized spacial score (nSPS) is 23.3. The SMILES string of the molecule is CC1(NCCF)COC1. The van der Waals surface area contributed by atoms with E-state index in [1.54, 1.807) is 0 Å². The van der Waals surface area contributed by atoms with Gasteiger partial charge in [0.1, 0.15) is 6.67 Å². The highest BCUT2D eigenvalue weighted by Crippen LogP contribution is 2.14. The van der Waals surface area contributed by atoms with E-state index < -0.39 is 0 Å². The average Bonchev–Trinajstić information content (AvgIpc) is 1.79. The largest absolute Gasteiger partial charge is 0.377 e. The van der Waals surface area contributed by atoms with Crippen LogP contribution in [0.15, 0.2) is 0 Å². The molecule has 1 aliphatic heterocycles. The van der Waals surface area contributed by atoms with E-state index >= 15 is 0 Å². The molecule has 1 aliphatic rings. The first-order chi connectivity index (χ1) is 4.27. The van der Waals surface area contributed by atoms with Gasteiger partial charge in [-0.1, -0.05) is 0 Å². The lowest BCUT2D eigenvalue weighted by Crippen LogP contribution is -2.58. The quantitative estimate of drug-likeness (QED) is 0.599. The summed E-state index contributed by atoms with van der Waals surface area (Å²) in [6.45, 7) is 3.61. The van der Waals surface area contributed by atoms with Gasteiger partial charge in [-0.05, 0) is 6.92 Å². The van der Waals surface area contributed by atoms with Crippen LogP contribution in [0.4, 0.5) is 4.39 Å². The third kappa shape index (κ3) is 1.63. The Balaban J connectivity index is 2.09. The minimum Gasteiger partial charge on any atom is -0.377 e. The maximum absolute atomic E-state index is 11.6. The highest BCUT2D eigenvalue weighted by Gasteiger charge is 2.31. The third-order valence-electron chi connectivity index (χ3n) is 1.49. The van der Waals surface area contributed by atoms with Gasteiger partial charge in [-0.15, -0.1) is 0 Å². The van der Waals surface area contributed by atoms with Gasteiger partial charge < -0.3 is 10.1 Å². The van der Waals surface area contributed by atoms with Gasteiger partial charge in [-0.2, -0.15) is 0 Å². The molecule has 1 fully saturated rings. The first-order valence-electron chi connectivity index (χ1n) is 3.16. The zero-order valence-corrected chi connectivity index (χ0v) is 5.61. The fourth-order valence-corrected chi connectivity index (χ4v) is 0.859. The predicted molar refractivity (Wildman–Crippen MR) is 33.2 cm³/mol. The van der Waals surface area contributed by atoms with Crippen molar-refractivity contribution in [2.45, 2.75) is 12.5 Å². The maximum atomic E-state index is 11.6. The molecule has 0 bridgehead atoms. The van der Waals surface area contributed by atoms with Crippen LogP contribution in [0.2, 0.25) is 0 Å². The Morgan fingerprint density at radius 1 is 1.67 bits per heavy atom. The van der Waals surface area contributed by atoms with Crippen LogP contribution in [0, 0.1) is 0 Å². The molecule has 0 amide bonds. The highest BCUT2D eigenvalue weighted by atomic mass is 19.1. The molecule has 0 aromatic carbocycles. The van der Waals surface area contributed by atoms with Crippen LogP contribution in [-0.4, -0.2) is 32.0 Å². The van der Waals surface area contributed by atoms with Crippen molar-refractivity contribution in [1.82, 2.24) is 5.32 Å². The highest BCUT2D eigenvalue weighted by molar-refractivity contribution is 4.88. The Kier molecular flexibility index (Phi) is 2.03. The molecular formula is C6H12FNO. The zero-order chi connectivity index (χ0) is 6.74. The Morgan fingerprint density at radius 2 is 2.33 bits per heavy atom. The summed E-state index contributed by atoms with van der Waals surface area (Å²) in [6, 6.07) is 0. The summed E-state index contributed by atoms with van der Waals surface area (Å²) in [5.41, 5.74) is 0.0616. The zero-order valence-electron chi connectivity index (χ0n) is 5.61. The van der Waals surface area contributed by atoms with Crippen molar-refractivity contribution in [3.63, 3.8) is 0 Å². The number of hydrogen-bond acceptors (Lipinski definition) is 2. The van der Waals surface area contributed by atoms with E-state index in [9.17, 15) is 4.39 Å². The Bertz CT molecular complexity index is 93.1. The molecule has 0 spiro atoms. The molecule has 0 atom stereocenters. The smallest absolute Gasteiger partial charge is 0.102 e. The van der Waals surface area contributed by atoms with Gasteiger partial charge in [0.25, 0.3) is 0 Å². The standard InChI is InChI=1S/C6H12FNO/c1-6(4-9-5-6)8-3-2-7/h8H,2-5H2,1H3. The fourth-order valence-electron chi connectivity index (χ4n) is 0.859. The van der Waals surface area contributed by atoms with Crippen LogP contribution >= 0.6 is 0 Å². The molecule has 1 saturated heterocycles. The van der Waals surface area contributed by atoms with E-state index in [-0.39, 0.29) is 12.2 Å². The van der Waals surface area contributed by atoms with E-state index in [2.05, 4.69) is 5.32 Å². The number of rotatable bonds is 3. The van der Waals surface area contributed by atoms with Crippen LogP contribution in [0.3, 0.4) is 0 Å². The molecule has 54 valence electrons. The molecule has 0 saturated carbocycles. The average molecular weight is 133 g/mol. The van der Waals surface area contributed by atoms with Gasteiger partial charge in [-0.3, -0.25) is 0 Å². The number of halogens is 1. The second-order valence-electron chi connectivity index (χ2n) is 2.67. The van der Waals surface area contributed by atoms with Crippen molar-refractivity contribution in [1.29, 1.82) is 0 Å². The lowest BCUT2D eigenvalue weighted by atomic mass is 10.0. The number of ether oxygens (including phenoxy) is 1. The van der Waals surface area contributed by atoms with Crippen LogP contribution in [-0.2, 0) is 4.74 Å². The Morgan fingerprint density at radius 3 is 2.67 bits per heavy atom. The fraction of sp³-hybridized carbons (Fsp3) is 1.00. The summed E-state index contributed by atoms with van der Waals surface area (Å²) >= 11 is 0. The van der Waals surface area contributed by atoms with E-state index in [1.165, 1.54) is 0 Å². The van der Waals surface area contributed by atoms with Crippen LogP contribution < -0.4 is 5.32 Å². The first kappa shape index (κ1) is 6.96. The van der Waals surface area contributed by atoms with Crippen LogP contribution in [0.1, 0.15) is 6.92 Å². The van der Waals surface area contributed by atoms with Crippen molar-refractivity contribution in [2.24, 2.45) is 0 Å². The molecule has 0 aliphatic carbocycles. The van der Waals surface area contributed by atoms with E-state index in [4.69, 9.17) is 4.74 Å². The lowest BCUT2D eigenvalue weighted by Gasteiger charge is -2.38. The monoisotopic (exact) mass is 133 g/mol. The van der Waals surface area contributed by atoms with Crippen molar-refractivity contribution >= 4 is 0 Å². The number of hydrogen-bond donors (Lipinski definition) is 1. The molecule has 0 aromatic rings. The summed E-state index contributed by atoms with van der Waals surface area (Å²) in [5, 5.41) is 3.05.